The summed E-state index contributed by atoms with van der Waals surface area (Å²) in [6.45, 7) is -0.427. The average Bonchev–Trinajstić information content (AvgIpc) is 2.41. The first kappa shape index (κ1) is 14.7. The summed E-state index contributed by atoms with van der Waals surface area (Å²) in [6, 6.07) is 7.12. The van der Waals surface area contributed by atoms with E-state index in [1.54, 1.807) is 18.2 Å². The van der Waals surface area contributed by atoms with Gasteiger partial charge in [-0.3, -0.25) is 0 Å². The van der Waals surface area contributed by atoms with Crippen LogP contribution in [-0.2, 0) is 11.2 Å². The quantitative estimate of drug-likeness (QED) is 0.614. The lowest BCUT2D eigenvalue weighted by Gasteiger charge is -2.40. The fourth-order valence-electron chi connectivity index (χ4n) is 2.23. The van der Waals surface area contributed by atoms with Gasteiger partial charge in [0.25, 0.3) is 0 Å². The summed E-state index contributed by atoms with van der Waals surface area (Å²) in [5.74, 6) is 0. The highest BCUT2D eigenvalue weighted by Gasteiger charge is 2.43. The van der Waals surface area contributed by atoms with E-state index in [1.807, 2.05) is 6.07 Å². The zero-order valence-electron chi connectivity index (χ0n) is 10.2. The first-order valence-electron chi connectivity index (χ1n) is 6.08. The van der Waals surface area contributed by atoms with Gasteiger partial charge in [0.2, 0.25) is 0 Å². The average molecular weight is 289 g/mol. The summed E-state index contributed by atoms with van der Waals surface area (Å²) < 4.78 is 5.42. The van der Waals surface area contributed by atoms with Crippen molar-refractivity contribution in [3.63, 3.8) is 0 Å². The molecule has 5 nitrogen and oxygen atoms in total. The van der Waals surface area contributed by atoms with Crippen LogP contribution in [0.25, 0.3) is 0 Å². The number of ether oxygens (including phenoxy) is 1. The number of hydrogen-bond donors (Lipinski definition) is 4. The van der Waals surface area contributed by atoms with E-state index in [4.69, 9.17) is 21.4 Å². The summed E-state index contributed by atoms with van der Waals surface area (Å²) in [6.07, 6.45) is -5.22. The SMILES string of the molecule is OC[C@H]1OC(Cc2ccccc2Cl)[C@H](O)[C@@H](O)[C@@H]1O. The Balaban J connectivity index is 2.13. The Bertz CT molecular complexity index is 425. The first-order chi connectivity index (χ1) is 9.04. The van der Waals surface area contributed by atoms with Crippen LogP contribution in [0.2, 0.25) is 5.02 Å². The Kier molecular flexibility index (Phi) is 4.78. The van der Waals surface area contributed by atoms with Crippen LogP contribution in [0.5, 0.6) is 0 Å². The molecule has 1 fully saturated rings. The molecule has 1 unspecified atom stereocenters. The molecule has 0 aliphatic carbocycles. The van der Waals surface area contributed by atoms with Gasteiger partial charge in [0, 0.05) is 11.4 Å². The topological polar surface area (TPSA) is 90.2 Å². The van der Waals surface area contributed by atoms with Crippen molar-refractivity contribution in [1.82, 2.24) is 0 Å². The minimum absolute atomic E-state index is 0.293. The molecule has 0 aromatic heterocycles. The first-order valence-corrected chi connectivity index (χ1v) is 6.46. The predicted molar refractivity (Wildman–Crippen MR) is 68.9 cm³/mol. The van der Waals surface area contributed by atoms with E-state index < -0.39 is 37.1 Å². The van der Waals surface area contributed by atoms with Gasteiger partial charge in [-0.15, -0.1) is 0 Å². The van der Waals surface area contributed by atoms with Crippen LogP contribution in [0.3, 0.4) is 0 Å². The van der Waals surface area contributed by atoms with E-state index in [0.29, 0.717) is 11.4 Å². The van der Waals surface area contributed by atoms with Crippen LogP contribution in [0.1, 0.15) is 5.56 Å². The normalized spacial score (nSPS) is 35.3. The summed E-state index contributed by atoms with van der Waals surface area (Å²) in [4.78, 5) is 0. The lowest BCUT2D eigenvalue weighted by atomic mass is 9.91. The van der Waals surface area contributed by atoms with Crippen LogP contribution < -0.4 is 0 Å². The van der Waals surface area contributed by atoms with Gasteiger partial charge in [0.15, 0.2) is 0 Å². The maximum atomic E-state index is 9.91. The van der Waals surface area contributed by atoms with Crippen LogP contribution in [0, 0.1) is 0 Å². The highest BCUT2D eigenvalue weighted by atomic mass is 35.5. The Morgan fingerprint density at radius 3 is 2.26 bits per heavy atom. The van der Waals surface area contributed by atoms with Gasteiger partial charge in [0.1, 0.15) is 24.4 Å². The van der Waals surface area contributed by atoms with E-state index >= 15 is 0 Å². The predicted octanol–water partition coefficient (Wildman–Crippen LogP) is -0.275. The number of benzene rings is 1. The van der Waals surface area contributed by atoms with E-state index in [-0.39, 0.29) is 0 Å². The zero-order chi connectivity index (χ0) is 14.0. The molecule has 1 aromatic carbocycles. The number of hydrogen-bond acceptors (Lipinski definition) is 5. The minimum atomic E-state index is -1.35. The fourth-order valence-corrected chi connectivity index (χ4v) is 2.44. The molecular weight excluding hydrogens is 272 g/mol. The third kappa shape index (κ3) is 3.08. The van der Waals surface area contributed by atoms with Gasteiger partial charge in [-0.25, -0.2) is 0 Å². The second kappa shape index (κ2) is 6.17. The second-order valence-corrected chi connectivity index (χ2v) is 5.07. The minimum Gasteiger partial charge on any atom is -0.394 e. The van der Waals surface area contributed by atoms with Crippen molar-refractivity contribution in [2.24, 2.45) is 0 Å². The molecule has 0 amide bonds. The van der Waals surface area contributed by atoms with Crippen molar-refractivity contribution in [3.05, 3.63) is 34.9 Å². The standard InChI is InChI=1S/C13H17ClO5/c14-8-4-2-1-3-7(8)5-9-11(16)13(18)12(17)10(6-15)19-9/h1-4,9-13,15-18H,5-6H2/t9?,10-,11+,12-,13-/m1/s1. The van der Waals surface area contributed by atoms with Crippen molar-refractivity contribution in [2.75, 3.05) is 6.61 Å². The molecular formula is C13H17ClO5. The van der Waals surface area contributed by atoms with Gasteiger partial charge in [-0.2, -0.15) is 0 Å². The van der Waals surface area contributed by atoms with E-state index in [1.165, 1.54) is 0 Å². The molecule has 0 bridgehead atoms. The molecule has 2 rings (SSSR count). The van der Waals surface area contributed by atoms with Crippen molar-refractivity contribution >= 4 is 11.6 Å². The molecule has 1 aliphatic rings. The van der Waals surface area contributed by atoms with Gasteiger partial charge in [-0.05, 0) is 11.6 Å². The Labute approximate surface area is 116 Å². The van der Waals surface area contributed by atoms with Crippen molar-refractivity contribution in [1.29, 1.82) is 0 Å². The lowest BCUT2D eigenvalue weighted by molar-refractivity contribution is -0.228. The van der Waals surface area contributed by atoms with Crippen LogP contribution >= 0.6 is 11.6 Å². The summed E-state index contributed by atoms with van der Waals surface area (Å²) in [7, 11) is 0. The summed E-state index contributed by atoms with van der Waals surface area (Å²) >= 11 is 6.03. The second-order valence-electron chi connectivity index (χ2n) is 4.66. The van der Waals surface area contributed by atoms with Gasteiger partial charge in [-0.1, -0.05) is 29.8 Å². The Morgan fingerprint density at radius 1 is 1.00 bits per heavy atom. The van der Waals surface area contributed by atoms with E-state index in [2.05, 4.69) is 0 Å². The molecule has 5 atom stereocenters. The van der Waals surface area contributed by atoms with Crippen LogP contribution in [-0.4, -0.2) is 57.6 Å². The third-order valence-corrected chi connectivity index (χ3v) is 3.74. The maximum Gasteiger partial charge on any atom is 0.111 e. The highest BCUT2D eigenvalue weighted by molar-refractivity contribution is 6.31. The van der Waals surface area contributed by atoms with E-state index in [0.717, 1.165) is 5.56 Å². The number of halogens is 1. The zero-order valence-corrected chi connectivity index (χ0v) is 10.9. The van der Waals surface area contributed by atoms with Gasteiger partial charge in [0.05, 0.1) is 12.7 Å². The molecule has 0 saturated carbocycles. The van der Waals surface area contributed by atoms with E-state index in [9.17, 15) is 15.3 Å². The smallest absolute Gasteiger partial charge is 0.111 e. The van der Waals surface area contributed by atoms with Gasteiger partial charge < -0.3 is 25.2 Å². The molecule has 1 heterocycles. The van der Waals surface area contributed by atoms with Crippen LogP contribution in [0.4, 0.5) is 0 Å². The van der Waals surface area contributed by atoms with Gasteiger partial charge >= 0.3 is 0 Å². The summed E-state index contributed by atoms with van der Waals surface area (Å²) in [5.41, 5.74) is 0.772. The molecule has 0 spiro atoms. The largest absolute Gasteiger partial charge is 0.394 e. The molecule has 1 aliphatic heterocycles. The van der Waals surface area contributed by atoms with Crippen molar-refractivity contribution in [3.8, 4) is 0 Å². The number of aliphatic hydroxyl groups excluding tert-OH is 4. The molecule has 0 radical (unpaired) electrons. The molecule has 1 saturated heterocycles. The number of aliphatic hydroxyl groups is 4. The molecule has 106 valence electrons. The third-order valence-electron chi connectivity index (χ3n) is 3.37. The molecule has 4 N–H and O–H groups in total. The Morgan fingerprint density at radius 2 is 1.63 bits per heavy atom. The Hall–Kier alpha value is -0.690. The summed E-state index contributed by atoms with van der Waals surface area (Å²) in [5, 5.41) is 38.9. The van der Waals surface area contributed by atoms with Crippen LogP contribution in [0.15, 0.2) is 24.3 Å². The molecule has 19 heavy (non-hydrogen) atoms. The molecule has 1 aromatic rings. The van der Waals surface area contributed by atoms with Crippen molar-refractivity contribution in [2.45, 2.75) is 36.9 Å². The monoisotopic (exact) mass is 288 g/mol. The highest BCUT2D eigenvalue weighted by Crippen LogP contribution is 2.26. The molecule has 6 heteroatoms. The van der Waals surface area contributed by atoms with Crippen molar-refractivity contribution < 1.29 is 25.2 Å². The lowest BCUT2D eigenvalue weighted by Crippen LogP contribution is -2.59. The fraction of sp³-hybridized carbons (Fsp3) is 0.538. The maximum absolute atomic E-state index is 9.91. The number of rotatable bonds is 3.